The number of hydrogen-bond acceptors (Lipinski definition) is 4. The fourth-order valence-corrected chi connectivity index (χ4v) is 2.44. The topological polar surface area (TPSA) is 31.4 Å². The van der Waals surface area contributed by atoms with Gasteiger partial charge in [-0.3, -0.25) is 9.88 Å². The highest BCUT2D eigenvalue weighted by atomic mass is 15.3. The van der Waals surface area contributed by atoms with Gasteiger partial charge in [0.2, 0.25) is 0 Å². The van der Waals surface area contributed by atoms with Crippen molar-refractivity contribution in [3.63, 3.8) is 0 Å². The Kier molecular flexibility index (Phi) is 5.61. The fraction of sp³-hybridized carbons (Fsp3) is 0.667. The van der Waals surface area contributed by atoms with Gasteiger partial charge in [0.1, 0.15) is 0 Å². The Morgan fingerprint density at radius 1 is 1.16 bits per heavy atom. The Balaban J connectivity index is 1.85. The lowest BCUT2D eigenvalue weighted by Crippen LogP contribution is -2.45. The summed E-state index contributed by atoms with van der Waals surface area (Å²) in [6.45, 7) is 12.3. The molecule has 2 heterocycles. The van der Waals surface area contributed by atoms with Gasteiger partial charge in [-0.1, -0.05) is 13.8 Å². The summed E-state index contributed by atoms with van der Waals surface area (Å²) in [6, 6.07) is 4.23. The zero-order valence-electron chi connectivity index (χ0n) is 12.2. The fourth-order valence-electron chi connectivity index (χ4n) is 2.44. The average molecular weight is 262 g/mol. The van der Waals surface area contributed by atoms with Crippen molar-refractivity contribution in [1.82, 2.24) is 14.8 Å². The Bertz CT molecular complexity index is 372. The molecular weight excluding hydrogens is 236 g/mol. The highest BCUT2D eigenvalue weighted by molar-refractivity contribution is 5.43. The quantitative estimate of drug-likeness (QED) is 0.850. The Labute approximate surface area is 116 Å². The molecule has 1 N–H and O–H groups in total. The van der Waals surface area contributed by atoms with E-state index in [4.69, 9.17) is 0 Å². The van der Waals surface area contributed by atoms with Crippen molar-refractivity contribution in [3.05, 3.63) is 24.0 Å². The molecule has 0 saturated carbocycles. The smallest absolute Gasteiger partial charge is 0.0564 e. The molecule has 2 rings (SSSR count). The minimum atomic E-state index is 0.971. The van der Waals surface area contributed by atoms with Gasteiger partial charge in [-0.05, 0) is 25.1 Å². The molecule has 1 aliphatic rings. The maximum Gasteiger partial charge on any atom is 0.0564 e. The standard InChI is InChI=1S/C15H26N4/c1-3-6-16-14-5-7-17-15(12-14)13-19-10-8-18(4-2)9-11-19/h5,7,12H,3-4,6,8-11,13H2,1-2H3,(H,16,17). The van der Waals surface area contributed by atoms with Crippen LogP contribution in [0.4, 0.5) is 5.69 Å². The Morgan fingerprint density at radius 2 is 1.89 bits per heavy atom. The molecule has 0 bridgehead atoms. The van der Waals surface area contributed by atoms with Crippen LogP contribution < -0.4 is 5.32 Å². The van der Waals surface area contributed by atoms with Crippen LogP contribution in [0.2, 0.25) is 0 Å². The molecular formula is C15H26N4. The third-order valence-corrected chi connectivity index (χ3v) is 3.69. The summed E-state index contributed by atoms with van der Waals surface area (Å²) in [7, 11) is 0. The van der Waals surface area contributed by atoms with Crippen LogP contribution in [0.5, 0.6) is 0 Å². The molecule has 19 heavy (non-hydrogen) atoms. The van der Waals surface area contributed by atoms with Crippen molar-refractivity contribution < 1.29 is 0 Å². The summed E-state index contributed by atoms with van der Waals surface area (Å²) in [5.41, 5.74) is 2.37. The summed E-state index contributed by atoms with van der Waals surface area (Å²) >= 11 is 0. The SMILES string of the molecule is CCCNc1ccnc(CN2CCN(CC)CC2)c1. The van der Waals surface area contributed by atoms with Gasteiger partial charge in [-0.2, -0.15) is 0 Å². The van der Waals surface area contributed by atoms with E-state index in [2.05, 4.69) is 40.0 Å². The van der Waals surface area contributed by atoms with E-state index < -0.39 is 0 Å². The molecule has 1 fully saturated rings. The summed E-state index contributed by atoms with van der Waals surface area (Å²) in [4.78, 5) is 9.49. The number of rotatable bonds is 6. The van der Waals surface area contributed by atoms with Crippen molar-refractivity contribution in [3.8, 4) is 0 Å². The number of likely N-dealkylation sites (N-methyl/N-ethyl adjacent to an activating group) is 1. The van der Waals surface area contributed by atoms with E-state index in [1.807, 2.05) is 12.3 Å². The molecule has 0 atom stereocenters. The largest absolute Gasteiger partial charge is 0.385 e. The van der Waals surface area contributed by atoms with Crippen LogP contribution in [0.1, 0.15) is 26.0 Å². The van der Waals surface area contributed by atoms with Gasteiger partial charge in [-0.15, -0.1) is 0 Å². The van der Waals surface area contributed by atoms with E-state index in [1.165, 1.54) is 31.0 Å². The zero-order chi connectivity index (χ0) is 13.5. The number of hydrogen-bond donors (Lipinski definition) is 1. The first-order chi connectivity index (χ1) is 9.31. The van der Waals surface area contributed by atoms with Crippen molar-refractivity contribution in [2.24, 2.45) is 0 Å². The maximum atomic E-state index is 4.49. The second-order valence-corrected chi connectivity index (χ2v) is 5.17. The highest BCUT2D eigenvalue weighted by Gasteiger charge is 2.15. The summed E-state index contributed by atoms with van der Waals surface area (Å²) in [5, 5.41) is 3.42. The van der Waals surface area contributed by atoms with Crippen LogP contribution in [-0.4, -0.2) is 54.1 Å². The lowest BCUT2D eigenvalue weighted by Gasteiger charge is -2.33. The van der Waals surface area contributed by atoms with Crippen LogP contribution in [0.15, 0.2) is 18.3 Å². The summed E-state index contributed by atoms with van der Waals surface area (Å²) in [6.07, 6.45) is 3.06. The minimum Gasteiger partial charge on any atom is -0.385 e. The molecule has 0 aromatic carbocycles. The number of piperazine rings is 1. The number of pyridine rings is 1. The maximum absolute atomic E-state index is 4.49. The molecule has 0 unspecified atom stereocenters. The molecule has 1 aromatic heterocycles. The molecule has 0 amide bonds. The first-order valence-electron chi connectivity index (χ1n) is 7.45. The van der Waals surface area contributed by atoms with Crippen LogP contribution in [0.3, 0.4) is 0 Å². The van der Waals surface area contributed by atoms with E-state index in [9.17, 15) is 0 Å². The van der Waals surface area contributed by atoms with Gasteiger partial charge in [-0.25, -0.2) is 0 Å². The molecule has 0 aliphatic carbocycles. The molecule has 4 nitrogen and oxygen atoms in total. The Morgan fingerprint density at radius 3 is 2.58 bits per heavy atom. The zero-order valence-corrected chi connectivity index (χ0v) is 12.2. The van der Waals surface area contributed by atoms with Gasteiger partial charge in [0.25, 0.3) is 0 Å². The van der Waals surface area contributed by atoms with Gasteiger partial charge >= 0.3 is 0 Å². The highest BCUT2D eigenvalue weighted by Crippen LogP contribution is 2.11. The molecule has 4 heteroatoms. The lowest BCUT2D eigenvalue weighted by molar-refractivity contribution is 0.131. The van der Waals surface area contributed by atoms with Crippen LogP contribution in [0.25, 0.3) is 0 Å². The van der Waals surface area contributed by atoms with Crippen LogP contribution in [0, 0.1) is 0 Å². The molecule has 106 valence electrons. The van der Waals surface area contributed by atoms with Gasteiger partial charge < -0.3 is 10.2 Å². The third-order valence-electron chi connectivity index (χ3n) is 3.69. The lowest BCUT2D eigenvalue weighted by atomic mass is 10.2. The molecule has 1 aliphatic heterocycles. The third kappa shape index (κ3) is 4.48. The van der Waals surface area contributed by atoms with Crippen molar-refractivity contribution in [2.45, 2.75) is 26.8 Å². The van der Waals surface area contributed by atoms with E-state index in [-0.39, 0.29) is 0 Å². The molecule has 0 spiro atoms. The first-order valence-corrected chi connectivity index (χ1v) is 7.45. The number of aromatic nitrogens is 1. The second kappa shape index (κ2) is 7.46. The van der Waals surface area contributed by atoms with Gasteiger partial charge in [0, 0.05) is 51.2 Å². The van der Waals surface area contributed by atoms with Gasteiger partial charge in [0.05, 0.1) is 5.69 Å². The minimum absolute atomic E-state index is 0.971. The van der Waals surface area contributed by atoms with Crippen LogP contribution >= 0.6 is 0 Å². The normalized spacial score (nSPS) is 17.6. The Hall–Kier alpha value is -1.13. The van der Waals surface area contributed by atoms with E-state index in [0.29, 0.717) is 0 Å². The second-order valence-electron chi connectivity index (χ2n) is 5.17. The number of anilines is 1. The predicted molar refractivity (Wildman–Crippen MR) is 80.4 cm³/mol. The first kappa shape index (κ1) is 14.3. The van der Waals surface area contributed by atoms with E-state index >= 15 is 0 Å². The van der Waals surface area contributed by atoms with Crippen molar-refractivity contribution >= 4 is 5.69 Å². The number of nitrogens with one attached hydrogen (secondary N) is 1. The molecule has 1 saturated heterocycles. The van der Waals surface area contributed by atoms with E-state index in [0.717, 1.165) is 32.6 Å². The molecule has 1 aromatic rings. The van der Waals surface area contributed by atoms with Crippen LogP contribution in [-0.2, 0) is 6.54 Å². The van der Waals surface area contributed by atoms with E-state index in [1.54, 1.807) is 0 Å². The monoisotopic (exact) mass is 262 g/mol. The van der Waals surface area contributed by atoms with Crippen molar-refractivity contribution in [2.75, 3.05) is 44.6 Å². The van der Waals surface area contributed by atoms with Crippen molar-refractivity contribution in [1.29, 1.82) is 0 Å². The molecule has 0 radical (unpaired) electrons. The number of nitrogens with zero attached hydrogens (tertiary/aromatic N) is 3. The average Bonchev–Trinajstić information content (AvgIpc) is 2.46. The predicted octanol–water partition coefficient (Wildman–Crippen LogP) is 2.04. The summed E-state index contributed by atoms with van der Waals surface area (Å²) < 4.78 is 0. The summed E-state index contributed by atoms with van der Waals surface area (Å²) in [5.74, 6) is 0. The van der Waals surface area contributed by atoms with Gasteiger partial charge in [0.15, 0.2) is 0 Å².